The van der Waals surface area contributed by atoms with E-state index in [0.29, 0.717) is 12.0 Å². The lowest BCUT2D eigenvalue weighted by Gasteiger charge is -2.21. The molecule has 0 spiro atoms. The molecule has 6 nitrogen and oxygen atoms in total. The number of aromatic hydroxyl groups is 1. The van der Waals surface area contributed by atoms with Gasteiger partial charge in [0.25, 0.3) is 5.78 Å². The summed E-state index contributed by atoms with van der Waals surface area (Å²) in [6.45, 7) is 3.46. The largest absolute Gasteiger partial charge is 0.507 e. The molecule has 1 aromatic rings. The fourth-order valence-corrected chi connectivity index (χ4v) is 3.07. The highest BCUT2D eigenvalue weighted by atomic mass is 35.5. The molecule has 0 bridgehead atoms. The maximum absolute atomic E-state index is 12.5. The van der Waals surface area contributed by atoms with E-state index >= 15 is 0 Å². The van der Waals surface area contributed by atoms with Crippen LogP contribution in [0.3, 0.4) is 0 Å². The van der Waals surface area contributed by atoms with Crippen LogP contribution in [0.4, 0.5) is 0 Å². The van der Waals surface area contributed by atoms with Crippen molar-refractivity contribution in [2.75, 3.05) is 0 Å². The summed E-state index contributed by atoms with van der Waals surface area (Å²) in [7, 11) is 0. The maximum Gasteiger partial charge on any atom is 0.342 e. The predicted molar refractivity (Wildman–Crippen MR) is 94.4 cm³/mol. The molecule has 0 saturated carbocycles. The van der Waals surface area contributed by atoms with Crippen molar-refractivity contribution in [1.29, 1.82) is 0 Å². The normalized spacial score (nSPS) is 23.2. The van der Waals surface area contributed by atoms with E-state index in [1.807, 2.05) is 0 Å². The van der Waals surface area contributed by atoms with Crippen LogP contribution in [0.1, 0.15) is 55.5 Å². The van der Waals surface area contributed by atoms with Gasteiger partial charge in [-0.25, -0.2) is 4.79 Å². The number of hydrogen-bond donors (Lipinski definition) is 1. The first-order chi connectivity index (χ1) is 12.2. The minimum absolute atomic E-state index is 0.0142. The zero-order valence-electron chi connectivity index (χ0n) is 14.7. The lowest BCUT2D eigenvalue weighted by molar-refractivity contribution is -0.144. The van der Waals surface area contributed by atoms with Crippen LogP contribution in [-0.2, 0) is 25.5 Å². The molecule has 7 heteroatoms. The van der Waals surface area contributed by atoms with Crippen LogP contribution in [0.2, 0.25) is 5.02 Å². The number of ether oxygens (including phenoxy) is 1. The molecular weight excluding hydrogens is 360 g/mol. The van der Waals surface area contributed by atoms with Crippen molar-refractivity contribution in [3.63, 3.8) is 0 Å². The van der Waals surface area contributed by atoms with E-state index in [0.717, 1.165) is 0 Å². The molecular formula is C19H21ClO6. The molecule has 0 radical (unpaired) electrons. The number of benzene rings is 1. The van der Waals surface area contributed by atoms with Crippen LogP contribution >= 0.6 is 11.6 Å². The summed E-state index contributed by atoms with van der Waals surface area (Å²) in [4.78, 5) is 48.2. The van der Waals surface area contributed by atoms with E-state index in [-0.39, 0.29) is 47.9 Å². The fraction of sp³-hybridized carbons (Fsp3) is 0.474. The standard InChI is InChI=1S/C19H21ClO6/c1-10-6-7-15(22)18(24)14(21)5-3-4-12-8-13(20)9-16(23)17(12)19(25)26-11(10)2/h8-11,23H,3-7H2,1-2H3/t10-,11+/m1/s1. The third-order valence-corrected chi connectivity index (χ3v) is 4.86. The molecule has 1 aliphatic heterocycles. The average Bonchev–Trinajstić information content (AvgIpc) is 2.56. The fourth-order valence-electron chi connectivity index (χ4n) is 2.84. The van der Waals surface area contributed by atoms with Gasteiger partial charge in [0.2, 0.25) is 11.6 Å². The molecule has 1 N–H and O–H groups in total. The number of halogens is 1. The Hall–Kier alpha value is -2.21. The summed E-state index contributed by atoms with van der Waals surface area (Å²) >= 11 is 5.95. The van der Waals surface area contributed by atoms with E-state index < -0.39 is 29.4 Å². The van der Waals surface area contributed by atoms with Gasteiger partial charge >= 0.3 is 5.97 Å². The maximum atomic E-state index is 12.5. The first-order valence-corrected chi connectivity index (χ1v) is 8.91. The zero-order chi connectivity index (χ0) is 19.4. The third-order valence-electron chi connectivity index (χ3n) is 4.65. The molecule has 0 aliphatic carbocycles. The number of phenols is 1. The minimum Gasteiger partial charge on any atom is -0.507 e. The molecule has 0 fully saturated rings. The van der Waals surface area contributed by atoms with Crippen molar-refractivity contribution >= 4 is 34.9 Å². The summed E-state index contributed by atoms with van der Waals surface area (Å²) in [5, 5.41) is 10.4. The molecule has 2 atom stereocenters. The molecule has 0 aromatic heterocycles. The lowest BCUT2D eigenvalue weighted by atomic mass is 9.94. The van der Waals surface area contributed by atoms with Crippen molar-refractivity contribution in [3.8, 4) is 5.75 Å². The molecule has 140 valence electrons. The molecule has 0 amide bonds. The number of fused-ring (bicyclic) bond motifs is 1. The number of esters is 1. The summed E-state index contributed by atoms with van der Waals surface area (Å²) in [5.74, 6) is -3.59. The summed E-state index contributed by atoms with van der Waals surface area (Å²) in [5.41, 5.74) is 0.448. The number of hydrogen-bond acceptors (Lipinski definition) is 6. The van der Waals surface area contributed by atoms with Crippen LogP contribution in [0.5, 0.6) is 5.75 Å². The number of carbonyl (C=O) groups excluding carboxylic acids is 4. The van der Waals surface area contributed by atoms with Crippen molar-refractivity contribution in [2.24, 2.45) is 5.92 Å². The van der Waals surface area contributed by atoms with E-state index in [2.05, 4.69) is 0 Å². The second-order valence-electron chi connectivity index (χ2n) is 6.61. The molecule has 1 heterocycles. The van der Waals surface area contributed by atoms with Gasteiger partial charge in [-0.2, -0.15) is 0 Å². The Balaban J connectivity index is 2.37. The van der Waals surface area contributed by atoms with E-state index in [1.54, 1.807) is 13.8 Å². The Morgan fingerprint density at radius 3 is 2.38 bits per heavy atom. The SMILES string of the molecule is C[C@@H]1CCC(=O)C(=O)C(=O)CCCc2cc(Cl)cc(O)c2C(=O)O[C@H]1C. The predicted octanol–water partition coefficient (Wildman–Crippen LogP) is 3.05. The lowest BCUT2D eigenvalue weighted by Crippen LogP contribution is -2.27. The Labute approximate surface area is 156 Å². The Kier molecular flexibility index (Phi) is 6.53. The molecule has 0 saturated heterocycles. The van der Waals surface area contributed by atoms with Crippen molar-refractivity contribution in [1.82, 2.24) is 0 Å². The van der Waals surface area contributed by atoms with Crippen LogP contribution < -0.4 is 0 Å². The van der Waals surface area contributed by atoms with Gasteiger partial charge in [0.05, 0.1) is 0 Å². The monoisotopic (exact) mass is 380 g/mol. The van der Waals surface area contributed by atoms with Crippen molar-refractivity contribution in [2.45, 2.75) is 52.1 Å². The second kappa shape index (κ2) is 8.45. The number of phenolic OH excluding ortho intramolecular Hbond substituents is 1. The van der Waals surface area contributed by atoms with Gasteiger partial charge in [-0.05, 0) is 49.8 Å². The zero-order valence-corrected chi connectivity index (χ0v) is 15.5. The first kappa shape index (κ1) is 20.1. The number of ketones is 3. The Bertz CT molecular complexity index is 755. The third kappa shape index (κ3) is 4.69. The van der Waals surface area contributed by atoms with Crippen LogP contribution in [0.25, 0.3) is 0 Å². The molecule has 1 aromatic carbocycles. The molecule has 1 aliphatic rings. The summed E-state index contributed by atoms with van der Waals surface area (Å²) in [6.07, 6.45) is 0.0706. The number of carbonyl (C=O) groups is 4. The van der Waals surface area contributed by atoms with Gasteiger partial charge in [-0.3, -0.25) is 14.4 Å². The van der Waals surface area contributed by atoms with Gasteiger partial charge in [-0.15, -0.1) is 0 Å². The summed E-state index contributed by atoms with van der Waals surface area (Å²) < 4.78 is 5.43. The quantitative estimate of drug-likeness (QED) is 0.548. The number of cyclic esters (lactones) is 1. The first-order valence-electron chi connectivity index (χ1n) is 8.53. The van der Waals surface area contributed by atoms with Crippen molar-refractivity contribution in [3.05, 3.63) is 28.3 Å². The van der Waals surface area contributed by atoms with Crippen LogP contribution in [0.15, 0.2) is 12.1 Å². The van der Waals surface area contributed by atoms with E-state index in [4.69, 9.17) is 16.3 Å². The van der Waals surface area contributed by atoms with Gasteiger partial charge in [0, 0.05) is 17.9 Å². The average molecular weight is 381 g/mol. The summed E-state index contributed by atoms with van der Waals surface area (Å²) in [6, 6.07) is 2.78. The Morgan fingerprint density at radius 2 is 1.69 bits per heavy atom. The number of rotatable bonds is 0. The van der Waals surface area contributed by atoms with Crippen LogP contribution in [0, 0.1) is 5.92 Å². The van der Waals surface area contributed by atoms with Gasteiger partial charge in [0.15, 0.2) is 0 Å². The van der Waals surface area contributed by atoms with Crippen LogP contribution in [-0.4, -0.2) is 34.5 Å². The van der Waals surface area contributed by atoms with Gasteiger partial charge < -0.3 is 9.84 Å². The highest BCUT2D eigenvalue weighted by Crippen LogP contribution is 2.29. The van der Waals surface area contributed by atoms with E-state index in [1.165, 1.54) is 12.1 Å². The van der Waals surface area contributed by atoms with E-state index in [9.17, 15) is 24.3 Å². The highest BCUT2D eigenvalue weighted by molar-refractivity contribution is 6.63. The molecule has 2 rings (SSSR count). The van der Waals surface area contributed by atoms with Crippen molar-refractivity contribution < 1.29 is 29.0 Å². The Morgan fingerprint density at radius 1 is 1.04 bits per heavy atom. The smallest absolute Gasteiger partial charge is 0.342 e. The number of Topliss-reactive ketones (excluding diaryl/α,β-unsaturated/α-hetero) is 3. The molecule has 0 unspecified atom stereocenters. The van der Waals surface area contributed by atoms with Gasteiger partial charge in [0.1, 0.15) is 17.4 Å². The minimum atomic E-state index is -0.979. The second-order valence-corrected chi connectivity index (χ2v) is 7.05. The number of aryl methyl sites for hydroxylation is 1. The topological polar surface area (TPSA) is 97.7 Å². The highest BCUT2D eigenvalue weighted by Gasteiger charge is 2.27. The van der Waals surface area contributed by atoms with Gasteiger partial charge in [-0.1, -0.05) is 18.5 Å². The molecule has 26 heavy (non-hydrogen) atoms.